The van der Waals surface area contributed by atoms with E-state index in [0.29, 0.717) is 36.6 Å². The predicted molar refractivity (Wildman–Crippen MR) is 237 cm³/mol. The van der Waals surface area contributed by atoms with Crippen molar-refractivity contribution in [1.82, 2.24) is 10.2 Å². The van der Waals surface area contributed by atoms with Crippen molar-refractivity contribution >= 4 is 40.3 Å². The molecule has 0 spiro atoms. The standard InChI is InChI=1S/C48H62ClN3O9/c1-6-26-58-48-42(52(46(56)57-27-23-49)31-34-18-14-17-32-15-8-9-19-36(32)34)30-40(51-61-47(3,4)5)38-28-33(16-10-12-24-53)37(20-11-13-25-54)43(44(38)48)39-29-35(21-22-41(39)60-48)59-45(55)50-7-2/h6,8-9,14-15,17-19,21-22,28-29,33,37,42-44,53-54H,1,7,10-13,16,20,23-27,30-31H2,2-5H3,(H,50,55). The van der Waals surface area contributed by atoms with Crippen molar-refractivity contribution < 1.29 is 43.6 Å². The van der Waals surface area contributed by atoms with E-state index in [1.165, 1.54) is 0 Å². The average molecular weight is 860 g/mol. The summed E-state index contributed by atoms with van der Waals surface area (Å²) in [6.45, 7) is 12.5. The number of fused-ring (bicyclic) bond motifs is 3. The molecule has 1 saturated carbocycles. The van der Waals surface area contributed by atoms with Gasteiger partial charge < -0.3 is 39.3 Å². The molecule has 13 heteroatoms. The lowest BCUT2D eigenvalue weighted by atomic mass is 9.55. The molecule has 12 nitrogen and oxygen atoms in total. The number of halogens is 1. The summed E-state index contributed by atoms with van der Waals surface area (Å²) in [5, 5.41) is 29.5. The van der Waals surface area contributed by atoms with Gasteiger partial charge in [0, 0.05) is 37.7 Å². The Morgan fingerprint density at radius 1 is 1.05 bits per heavy atom. The molecule has 3 aromatic carbocycles. The van der Waals surface area contributed by atoms with Gasteiger partial charge in [-0.25, -0.2) is 9.59 Å². The minimum atomic E-state index is -1.52. The first-order valence-corrected chi connectivity index (χ1v) is 22.2. The molecule has 1 aliphatic heterocycles. The molecule has 3 N–H and O–H groups in total. The first-order valence-electron chi connectivity index (χ1n) is 21.7. The number of rotatable bonds is 19. The molecule has 1 fully saturated rings. The largest absolute Gasteiger partial charge is 0.459 e. The summed E-state index contributed by atoms with van der Waals surface area (Å²) in [7, 11) is 0. The molecular weight excluding hydrogens is 798 g/mol. The fourth-order valence-electron chi connectivity index (χ4n) is 9.32. The number of hydrogen-bond acceptors (Lipinski definition) is 10. The van der Waals surface area contributed by atoms with E-state index in [-0.39, 0.29) is 63.0 Å². The number of unbranched alkanes of at least 4 members (excludes halogenated alkanes) is 2. The van der Waals surface area contributed by atoms with Crippen molar-refractivity contribution in [3.05, 3.63) is 96.1 Å². The number of nitrogens with zero attached hydrogens (tertiary/aromatic N) is 2. The van der Waals surface area contributed by atoms with Gasteiger partial charge in [-0.15, -0.1) is 18.2 Å². The highest BCUT2D eigenvalue weighted by atomic mass is 35.5. The lowest BCUT2D eigenvalue weighted by Crippen LogP contribution is -2.70. The van der Waals surface area contributed by atoms with Crippen LogP contribution in [0.3, 0.4) is 0 Å². The van der Waals surface area contributed by atoms with Gasteiger partial charge >= 0.3 is 12.2 Å². The fourth-order valence-corrected chi connectivity index (χ4v) is 9.39. The van der Waals surface area contributed by atoms with Crippen LogP contribution < -0.4 is 14.8 Å². The minimum absolute atomic E-state index is 0.00846. The monoisotopic (exact) mass is 859 g/mol. The topological polar surface area (TPSA) is 148 Å². The highest BCUT2D eigenvalue weighted by Crippen LogP contribution is 2.62. The molecule has 2 amide bonds. The summed E-state index contributed by atoms with van der Waals surface area (Å²) in [4.78, 5) is 35.4. The van der Waals surface area contributed by atoms with Crippen LogP contribution in [0.15, 0.2) is 90.1 Å². The molecule has 330 valence electrons. The molecule has 1 heterocycles. The molecule has 3 aromatic rings. The highest BCUT2D eigenvalue weighted by molar-refractivity contribution is 6.18. The first kappa shape index (κ1) is 45.9. The number of nitrogens with one attached hydrogen (secondary N) is 1. The predicted octanol–water partition coefficient (Wildman–Crippen LogP) is 9.26. The summed E-state index contributed by atoms with van der Waals surface area (Å²) < 4.78 is 26.1. The average Bonchev–Trinajstić information content (AvgIpc) is 3.24. The van der Waals surface area contributed by atoms with Gasteiger partial charge in [-0.2, -0.15) is 0 Å². The summed E-state index contributed by atoms with van der Waals surface area (Å²) in [6, 6.07) is 18.7. The maximum Gasteiger partial charge on any atom is 0.412 e. The van der Waals surface area contributed by atoms with Gasteiger partial charge in [0.05, 0.1) is 30.7 Å². The quantitative estimate of drug-likeness (QED) is 0.0464. The Labute approximate surface area is 364 Å². The van der Waals surface area contributed by atoms with E-state index in [4.69, 9.17) is 40.5 Å². The minimum Gasteiger partial charge on any atom is -0.459 e. The van der Waals surface area contributed by atoms with Crippen LogP contribution in [0.5, 0.6) is 11.5 Å². The lowest BCUT2D eigenvalue weighted by Gasteiger charge is -2.60. The summed E-state index contributed by atoms with van der Waals surface area (Å²) in [5.41, 5.74) is 2.64. The number of alkyl halides is 1. The van der Waals surface area contributed by atoms with E-state index < -0.39 is 35.5 Å². The highest BCUT2D eigenvalue weighted by Gasteiger charge is 2.65. The molecular formula is C48H62ClN3O9. The Kier molecular flexibility index (Phi) is 15.8. The van der Waals surface area contributed by atoms with E-state index >= 15 is 0 Å². The molecule has 0 saturated heterocycles. The van der Waals surface area contributed by atoms with Crippen molar-refractivity contribution in [2.75, 3.05) is 38.9 Å². The van der Waals surface area contributed by atoms with Gasteiger partial charge in [0.25, 0.3) is 0 Å². The molecule has 6 unspecified atom stereocenters. The van der Waals surface area contributed by atoms with Crippen LogP contribution in [-0.2, 0) is 20.9 Å². The maximum absolute atomic E-state index is 14.7. The van der Waals surface area contributed by atoms with Crippen LogP contribution in [0.2, 0.25) is 0 Å². The number of carbonyl (C=O) groups excluding carboxylic acids is 2. The van der Waals surface area contributed by atoms with Crippen LogP contribution in [0.1, 0.15) is 89.7 Å². The van der Waals surface area contributed by atoms with E-state index in [2.05, 4.69) is 18.0 Å². The van der Waals surface area contributed by atoms with Gasteiger partial charge in [-0.05, 0) is 105 Å². The van der Waals surface area contributed by atoms with Crippen molar-refractivity contribution in [3.8, 4) is 11.5 Å². The third-order valence-electron chi connectivity index (χ3n) is 11.7. The van der Waals surface area contributed by atoms with Gasteiger partial charge in [0.1, 0.15) is 29.7 Å². The summed E-state index contributed by atoms with van der Waals surface area (Å²) >= 11 is 6.13. The summed E-state index contributed by atoms with van der Waals surface area (Å²) in [6.07, 6.45) is 7.36. The molecule has 61 heavy (non-hydrogen) atoms. The number of benzene rings is 3. The second-order valence-corrected chi connectivity index (χ2v) is 17.3. The van der Waals surface area contributed by atoms with Crippen molar-refractivity contribution in [1.29, 1.82) is 0 Å². The number of oxime groups is 1. The number of hydrogen-bond donors (Lipinski definition) is 3. The number of aliphatic hydroxyl groups excluding tert-OH is 2. The Bertz CT molecular complexity index is 2040. The molecule has 0 bridgehead atoms. The van der Waals surface area contributed by atoms with Crippen LogP contribution in [0, 0.1) is 17.8 Å². The molecule has 0 radical (unpaired) electrons. The molecule has 2 aliphatic carbocycles. The van der Waals surface area contributed by atoms with Gasteiger partial charge in [-0.1, -0.05) is 72.6 Å². The smallest absolute Gasteiger partial charge is 0.412 e. The number of ether oxygens (including phenoxy) is 4. The normalized spacial score (nSPS) is 23.6. The SMILES string of the molecule is C=CCOC12Oc3ccc(OC(=O)NCC)cc3C3C(CCCCO)C(CCCCO)C=C(C(=NOC(C)(C)C)CC1N(Cc1cccc4ccccc14)C(=O)OCCCl)C32. The van der Waals surface area contributed by atoms with Gasteiger partial charge in [0.15, 0.2) is 0 Å². The fraction of sp³-hybridized carbons (Fsp3) is 0.521. The van der Waals surface area contributed by atoms with Gasteiger partial charge in [0.2, 0.25) is 5.79 Å². The van der Waals surface area contributed by atoms with E-state index in [0.717, 1.165) is 53.2 Å². The Morgan fingerprint density at radius 2 is 1.80 bits per heavy atom. The zero-order valence-corrected chi connectivity index (χ0v) is 36.7. The second-order valence-electron chi connectivity index (χ2n) is 17.0. The molecule has 0 aromatic heterocycles. The summed E-state index contributed by atoms with van der Waals surface area (Å²) in [5.74, 6) is -1.40. The van der Waals surface area contributed by atoms with E-state index in [1.807, 2.05) is 82.3 Å². The Hall–Kier alpha value is -4.62. The number of allylic oxidation sites excluding steroid dienone is 1. The van der Waals surface area contributed by atoms with E-state index in [9.17, 15) is 19.8 Å². The molecule has 3 aliphatic rings. The van der Waals surface area contributed by atoms with E-state index in [1.54, 1.807) is 17.0 Å². The van der Waals surface area contributed by atoms with Crippen LogP contribution >= 0.6 is 11.6 Å². The molecule has 6 rings (SSSR count). The third kappa shape index (κ3) is 10.5. The lowest BCUT2D eigenvalue weighted by molar-refractivity contribution is -0.256. The number of aliphatic hydroxyl groups is 2. The number of amides is 2. The second kappa shape index (κ2) is 21.0. The Morgan fingerprint density at radius 3 is 2.52 bits per heavy atom. The Balaban J connectivity index is 1.64. The van der Waals surface area contributed by atoms with Gasteiger partial charge in [-0.3, -0.25) is 4.90 Å². The van der Waals surface area contributed by atoms with Crippen molar-refractivity contribution in [2.24, 2.45) is 22.9 Å². The van der Waals surface area contributed by atoms with Crippen molar-refractivity contribution in [2.45, 2.75) is 103 Å². The zero-order chi connectivity index (χ0) is 43.6. The number of carbonyl (C=O) groups is 2. The maximum atomic E-state index is 14.7. The third-order valence-corrected chi connectivity index (χ3v) is 11.9. The van der Waals surface area contributed by atoms with Crippen LogP contribution in [-0.4, -0.2) is 89.3 Å². The molecule has 6 atom stereocenters. The van der Waals surface area contributed by atoms with Crippen LogP contribution in [0.25, 0.3) is 10.8 Å². The van der Waals surface area contributed by atoms with Crippen LogP contribution in [0.4, 0.5) is 9.59 Å². The first-order chi connectivity index (χ1) is 29.5. The zero-order valence-electron chi connectivity index (χ0n) is 35.9. The van der Waals surface area contributed by atoms with Crippen molar-refractivity contribution in [3.63, 3.8) is 0 Å².